The minimum Gasteiger partial charge on any atom is -0.355 e. The average Bonchev–Trinajstić information content (AvgIpc) is 1.87. The van der Waals surface area contributed by atoms with E-state index in [0.717, 1.165) is 0 Å². The standard InChI is InChI=1S/C3H7N3O/c1-2-4-3(7)6-5-2/h3,6-7H,1H3,(H,4,5). The summed E-state index contributed by atoms with van der Waals surface area (Å²) >= 11 is 0. The van der Waals surface area contributed by atoms with E-state index >= 15 is 0 Å². The van der Waals surface area contributed by atoms with Crippen molar-refractivity contribution in [3.05, 3.63) is 0 Å². The predicted octanol–water partition coefficient (Wildman–Crippen LogP) is -1.21. The Morgan fingerprint density at radius 1 is 1.86 bits per heavy atom. The number of rotatable bonds is 0. The molecule has 4 heteroatoms. The Hall–Kier alpha value is -0.770. The molecule has 1 rings (SSSR count). The number of hydrazone groups is 1. The van der Waals surface area contributed by atoms with Gasteiger partial charge in [0.15, 0.2) is 0 Å². The molecule has 0 spiro atoms. The van der Waals surface area contributed by atoms with Crippen molar-refractivity contribution in [2.45, 2.75) is 13.3 Å². The molecule has 1 atom stereocenters. The summed E-state index contributed by atoms with van der Waals surface area (Å²) < 4.78 is 0. The molecule has 0 saturated carbocycles. The first kappa shape index (κ1) is 4.39. The second kappa shape index (κ2) is 1.38. The minimum absolute atomic E-state index is 0.681. The van der Waals surface area contributed by atoms with E-state index in [2.05, 4.69) is 15.8 Å². The first-order valence-corrected chi connectivity index (χ1v) is 2.03. The number of aliphatic hydroxyl groups excluding tert-OH is 1. The van der Waals surface area contributed by atoms with E-state index in [1.54, 1.807) is 6.92 Å². The molecule has 1 heterocycles. The molecule has 0 amide bonds. The summed E-state index contributed by atoms with van der Waals surface area (Å²) in [7, 11) is 0. The Labute approximate surface area is 41.2 Å². The van der Waals surface area contributed by atoms with Gasteiger partial charge in [0.25, 0.3) is 0 Å². The van der Waals surface area contributed by atoms with Crippen LogP contribution in [0.4, 0.5) is 0 Å². The van der Waals surface area contributed by atoms with Gasteiger partial charge >= 0.3 is 0 Å². The van der Waals surface area contributed by atoms with Gasteiger partial charge in [-0.1, -0.05) is 0 Å². The Balaban J connectivity index is 2.42. The van der Waals surface area contributed by atoms with Crippen molar-refractivity contribution in [2.75, 3.05) is 0 Å². The number of hydrogen-bond acceptors (Lipinski definition) is 4. The second-order valence-electron chi connectivity index (χ2n) is 1.37. The third-order valence-electron chi connectivity index (χ3n) is 0.700. The summed E-state index contributed by atoms with van der Waals surface area (Å²) in [5, 5.41) is 14.8. The number of hydrogen-bond donors (Lipinski definition) is 3. The van der Waals surface area contributed by atoms with E-state index in [1.165, 1.54) is 0 Å². The highest BCUT2D eigenvalue weighted by molar-refractivity contribution is 5.80. The monoisotopic (exact) mass is 101 g/mol. The molecule has 3 N–H and O–H groups in total. The lowest BCUT2D eigenvalue weighted by atomic mass is 10.7. The van der Waals surface area contributed by atoms with Crippen LogP contribution in [0.3, 0.4) is 0 Å². The van der Waals surface area contributed by atoms with Gasteiger partial charge in [-0.05, 0) is 6.92 Å². The van der Waals surface area contributed by atoms with Gasteiger partial charge < -0.3 is 10.4 Å². The molecule has 1 aliphatic rings. The van der Waals surface area contributed by atoms with Crippen LogP contribution in [0, 0.1) is 0 Å². The molecule has 0 aromatic rings. The Morgan fingerprint density at radius 2 is 2.57 bits per heavy atom. The van der Waals surface area contributed by atoms with Crippen LogP contribution < -0.4 is 10.7 Å². The van der Waals surface area contributed by atoms with Gasteiger partial charge in [-0.3, -0.25) is 5.43 Å². The molecule has 0 radical (unpaired) electrons. The van der Waals surface area contributed by atoms with Crippen LogP contribution in [0.1, 0.15) is 6.92 Å². The van der Waals surface area contributed by atoms with Crippen LogP contribution in [0.15, 0.2) is 5.10 Å². The van der Waals surface area contributed by atoms with E-state index in [9.17, 15) is 0 Å². The minimum atomic E-state index is -0.681. The van der Waals surface area contributed by atoms with Crippen molar-refractivity contribution in [3.8, 4) is 0 Å². The lowest BCUT2D eigenvalue weighted by Crippen LogP contribution is -2.33. The molecule has 0 fully saturated rings. The highest BCUT2D eigenvalue weighted by Crippen LogP contribution is 1.80. The number of nitrogens with one attached hydrogen (secondary N) is 2. The summed E-state index contributed by atoms with van der Waals surface area (Å²) in [6.45, 7) is 1.77. The molecule has 0 bridgehead atoms. The summed E-state index contributed by atoms with van der Waals surface area (Å²) in [5.41, 5.74) is 2.40. The van der Waals surface area contributed by atoms with Gasteiger partial charge in [0.05, 0.1) is 0 Å². The zero-order valence-corrected chi connectivity index (χ0v) is 3.97. The molecule has 7 heavy (non-hydrogen) atoms. The summed E-state index contributed by atoms with van der Waals surface area (Å²) in [4.78, 5) is 0. The van der Waals surface area contributed by atoms with E-state index in [1.807, 2.05) is 0 Å². The van der Waals surface area contributed by atoms with Crippen molar-refractivity contribution in [1.29, 1.82) is 0 Å². The third kappa shape index (κ3) is 0.806. The van der Waals surface area contributed by atoms with Gasteiger partial charge in [0, 0.05) is 0 Å². The van der Waals surface area contributed by atoms with Crippen LogP contribution in [0.25, 0.3) is 0 Å². The van der Waals surface area contributed by atoms with Crippen LogP contribution in [0.2, 0.25) is 0 Å². The lowest BCUT2D eigenvalue weighted by molar-refractivity contribution is 0.137. The topological polar surface area (TPSA) is 56.7 Å². The largest absolute Gasteiger partial charge is 0.355 e. The summed E-state index contributed by atoms with van der Waals surface area (Å²) in [5.74, 6) is 0.715. The van der Waals surface area contributed by atoms with Gasteiger partial charge in [-0.25, -0.2) is 0 Å². The number of nitrogens with zero attached hydrogens (tertiary/aromatic N) is 1. The summed E-state index contributed by atoms with van der Waals surface area (Å²) in [6, 6.07) is 0. The van der Waals surface area contributed by atoms with Crippen molar-refractivity contribution in [3.63, 3.8) is 0 Å². The molecule has 0 aromatic carbocycles. The number of aliphatic hydroxyl groups is 1. The molecular formula is C3H7N3O. The maximum absolute atomic E-state index is 8.56. The fraction of sp³-hybridized carbons (Fsp3) is 0.667. The first-order chi connectivity index (χ1) is 3.29. The van der Waals surface area contributed by atoms with E-state index in [4.69, 9.17) is 5.11 Å². The lowest BCUT2D eigenvalue weighted by Gasteiger charge is -1.98. The fourth-order valence-electron chi connectivity index (χ4n) is 0.420. The molecule has 40 valence electrons. The zero-order valence-electron chi connectivity index (χ0n) is 3.97. The van der Waals surface area contributed by atoms with Crippen molar-refractivity contribution >= 4 is 5.84 Å². The zero-order chi connectivity index (χ0) is 5.28. The molecular weight excluding hydrogens is 94.1 g/mol. The quantitative estimate of drug-likeness (QED) is 0.359. The van der Waals surface area contributed by atoms with Crippen LogP contribution in [0.5, 0.6) is 0 Å². The molecule has 1 aliphatic heterocycles. The Bertz CT molecular complexity index is 100. The van der Waals surface area contributed by atoms with E-state index < -0.39 is 6.35 Å². The molecule has 1 unspecified atom stereocenters. The molecule has 0 saturated heterocycles. The molecule has 0 aliphatic carbocycles. The Kier molecular flexibility index (Phi) is 0.867. The highest BCUT2D eigenvalue weighted by atomic mass is 16.3. The highest BCUT2D eigenvalue weighted by Gasteiger charge is 2.06. The second-order valence-corrected chi connectivity index (χ2v) is 1.37. The maximum atomic E-state index is 8.56. The molecule has 4 nitrogen and oxygen atoms in total. The van der Waals surface area contributed by atoms with Crippen LogP contribution in [-0.2, 0) is 0 Å². The fourth-order valence-corrected chi connectivity index (χ4v) is 0.420. The van der Waals surface area contributed by atoms with Crippen molar-refractivity contribution in [2.24, 2.45) is 5.10 Å². The predicted molar refractivity (Wildman–Crippen MR) is 25.4 cm³/mol. The van der Waals surface area contributed by atoms with E-state index in [-0.39, 0.29) is 0 Å². The van der Waals surface area contributed by atoms with Crippen molar-refractivity contribution in [1.82, 2.24) is 10.7 Å². The normalized spacial score (nSPS) is 28.3. The maximum Gasteiger partial charge on any atom is 0.218 e. The van der Waals surface area contributed by atoms with E-state index in [0.29, 0.717) is 5.84 Å². The van der Waals surface area contributed by atoms with Crippen molar-refractivity contribution < 1.29 is 5.11 Å². The SMILES string of the molecule is CC1=NNC(O)N1. The van der Waals surface area contributed by atoms with Gasteiger partial charge in [-0.15, -0.1) is 0 Å². The third-order valence-corrected chi connectivity index (χ3v) is 0.700. The average molecular weight is 101 g/mol. The number of amidine groups is 1. The van der Waals surface area contributed by atoms with Gasteiger partial charge in [0.1, 0.15) is 5.84 Å². The smallest absolute Gasteiger partial charge is 0.218 e. The van der Waals surface area contributed by atoms with Crippen LogP contribution in [-0.4, -0.2) is 17.3 Å². The van der Waals surface area contributed by atoms with Crippen LogP contribution >= 0.6 is 0 Å². The van der Waals surface area contributed by atoms with Gasteiger partial charge in [-0.2, -0.15) is 5.10 Å². The summed E-state index contributed by atoms with van der Waals surface area (Å²) in [6.07, 6.45) is -0.681. The van der Waals surface area contributed by atoms with Gasteiger partial charge in [0.2, 0.25) is 6.35 Å². The Morgan fingerprint density at radius 3 is 2.71 bits per heavy atom. The molecule has 0 aromatic heterocycles. The first-order valence-electron chi connectivity index (χ1n) is 2.03.